The number of hydrogen-bond donors (Lipinski definition) is 1. The lowest BCUT2D eigenvalue weighted by Gasteiger charge is -2.24. The van der Waals surface area contributed by atoms with Crippen LogP contribution in [0.2, 0.25) is 0 Å². The molecule has 0 amide bonds. The average molecular weight is 469 g/mol. The fraction of sp³-hybridized carbons (Fsp3) is 0.185. The summed E-state index contributed by atoms with van der Waals surface area (Å²) in [6.45, 7) is 3.11. The number of fused-ring (bicyclic) bond motifs is 1. The topological polar surface area (TPSA) is 106 Å². The number of rotatable bonds is 8. The van der Waals surface area contributed by atoms with Crippen LogP contribution >= 0.6 is 0 Å². The summed E-state index contributed by atoms with van der Waals surface area (Å²) in [7, 11) is 0. The lowest BCUT2D eigenvalue weighted by Crippen LogP contribution is -2.18. The molecule has 0 aliphatic heterocycles. The molecule has 2 aromatic heterocycles. The van der Waals surface area contributed by atoms with E-state index >= 15 is 0 Å². The highest BCUT2D eigenvalue weighted by Crippen LogP contribution is 2.37. The van der Waals surface area contributed by atoms with Crippen LogP contribution in [0.1, 0.15) is 36.6 Å². The van der Waals surface area contributed by atoms with E-state index in [1.165, 1.54) is 0 Å². The number of carbonyl (C=O) groups is 1. The molecular weight excluding hydrogens is 444 g/mol. The number of aromatic nitrogens is 2. The second kappa shape index (κ2) is 11.0. The summed E-state index contributed by atoms with van der Waals surface area (Å²) in [5.74, 6) is 1.08. The maximum absolute atomic E-state index is 11.9. The number of nitrogens with one attached hydrogen (secondary N) is 1. The van der Waals surface area contributed by atoms with E-state index in [1.807, 2.05) is 60.7 Å². The number of carbonyl (C=O) groups excluding carboxylic acids is 1. The number of nitrogens with zero attached hydrogens (tertiary/aromatic N) is 3. The number of anilines is 1. The number of benzene rings is 2. The molecule has 8 heteroatoms. The maximum atomic E-state index is 11.9. The van der Waals surface area contributed by atoms with Crippen LogP contribution in [0.3, 0.4) is 0 Å². The third-order valence-corrected chi connectivity index (χ3v) is 5.09. The van der Waals surface area contributed by atoms with Gasteiger partial charge in [-0.1, -0.05) is 36.4 Å². The lowest BCUT2D eigenvalue weighted by molar-refractivity contribution is -0.00807. The zero-order valence-corrected chi connectivity index (χ0v) is 19.3. The zero-order valence-electron chi connectivity index (χ0n) is 19.3. The van der Waals surface area contributed by atoms with Gasteiger partial charge in [0.25, 0.3) is 0 Å². The minimum absolute atomic E-state index is 0.309. The maximum Gasteiger partial charge on any atom is 0.511 e. The SMILES string of the molecule is CC(C)OC(=O)OCOc1c(C(Nc2ccccn2)c2cccc(C#N)c2)ccc2cccnc12. The molecule has 1 N–H and O–H groups in total. The third-order valence-electron chi connectivity index (χ3n) is 5.09. The van der Waals surface area contributed by atoms with Gasteiger partial charge < -0.3 is 19.5 Å². The highest BCUT2D eigenvalue weighted by molar-refractivity contribution is 5.86. The van der Waals surface area contributed by atoms with Crippen molar-refractivity contribution in [3.8, 4) is 11.8 Å². The first kappa shape index (κ1) is 23.5. The Hall–Kier alpha value is -4.64. The number of nitriles is 1. The van der Waals surface area contributed by atoms with Gasteiger partial charge in [0.1, 0.15) is 11.3 Å². The standard InChI is InChI=1S/C27H24N4O4/c1-18(2)35-27(32)34-17-33-26-22(12-11-20-9-6-14-30-25(20)26)24(31-23-10-3-4-13-29-23)21-8-5-7-19(15-21)16-28/h3-15,18,24H,17H2,1-2H3,(H,29,31). The van der Waals surface area contributed by atoms with Crippen LogP contribution in [-0.2, 0) is 9.47 Å². The van der Waals surface area contributed by atoms with E-state index in [9.17, 15) is 10.1 Å². The molecule has 0 saturated heterocycles. The van der Waals surface area contributed by atoms with E-state index < -0.39 is 12.2 Å². The smallest absolute Gasteiger partial charge is 0.455 e. The highest BCUT2D eigenvalue weighted by Gasteiger charge is 2.23. The molecule has 0 aliphatic rings. The Bertz CT molecular complexity index is 1350. The minimum atomic E-state index is -0.820. The Morgan fingerprint density at radius 2 is 1.89 bits per heavy atom. The van der Waals surface area contributed by atoms with E-state index in [-0.39, 0.29) is 12.9 Å². The van der Waals surface area contributed by atoms with Crippen LogP contribution in [0, 0.1) is 11.3 Å². The predicted octanol–water partition coefficient (Wildman–Crippen LogP) is 5.60. The van der Waals surface area contributed by atoms with Gasteiger partial charge in [-0.25, -0.2) is 9.78 Å². The van der Waals surface area contributed by atoms with Gasteiger partial charge in [-0.2, -0.15) is 5.26 Å². The molecule has 2 heterocycles. The zero-order chi connectivity index (χ0) is 24.6. The molecule has 0 aliphatic carbocycles. The van der Waals surface area contributed by atoms with Gasteiger partial charge in [-0.05, 0) is 49.7 Å². The summed E-state index contributed by atoms with van der Waals surface area (Å²) in [5.41, 5.74) is 2.69. The van der Waals surface area contributed by atoms with Crippen molar-refractivity contribution in [2.75, 3.05) is 12.1 Å². The molecule has 0 spiro atoms. The van der Waals surface area contributed by atoms with Crippen LogP contribution in [0.5, 0.6) is 5.75 Å². The van der Waals surface area contributed by atoms with Crippen LogP contribution < -0.4 is 10.1 Å². The van der Waals surface area contributed by atoms with Gasteiger partial charge in [0.15, 0.2) is 5.75 Å². The van der Waals surface area contributed by atoms with Gasteiger partial charge in [-0.3, -0.25) is 4.98 Å². The molecule has 0 fully saturated rings. The molecular formula is C27H24N4O4. The van der Waals surface area contributed by atoms with Crippen molar-refractivity contribution >= 4 is 22.9 Å². The lowest BCUT2D eigenvalue weighted by atomic mass is 9.95. The summed E-state index contributed by atoms with van der Waals surface area (Å²) in [6, 6.07) is 22.2. The number of ether oxygens (including phenoxy) is 3. The van der Waals surface area contributed by atoms with E-state index in [2.05, 4.69) is 21.4 Å². The summed E-state index contributed by atoms with van der Waals surface area (Å²) < 4.78 is 16.1. The summed E-state index contributed by atoms with van der Waals surface area (Å²) in [6.07, 6.45) is 2.24. The van der Waals surface area contributed by atoms with Crippen LogP contribution in [0.15, 0.2) is 79.1 Å². The Balaban J connectivity index is 1.77. The van der Waals surface area contributed by atoms with Crippen molar-refractivity contribution in [3.05, 3.63) is 95.8 Å². The monoisotopic (exact) mass is 468 g/mol. The summed E-state index contributed by atoms with van der Waals surface area (Å²) >= 11 is 0. The van der Waals surface area contributed by atoms with Crippen molar-refractivity contribution in [3.63, 3.8) is 0 Å². The fourth-order valence-corrected chi connectivity index (χ4v) is 3.60. The first-order valence-electron chi connectivity index (χ1n) is 11.1. The second-order valence-corrected chi connectivity index (χ2v) is 7.91. The Morgan fingerprint density at radius 1 is 1.03 bits per heavy atom. The number of hydrogen-bond acceptors (Lipinski definition) is 8. The normalized spacial score (nSPS) is 11.5. The van der Waals surface area contributed by atoms with Crippen molar-refractivity contribution < 1.29 is 19.0 Å². The third kappa shape index (κ3) is 5.84. The van der Waals surface area contributed by atoms with Gasteiger partial charge in [-0.15, -0.1) is 0 Å². The quantitative estimate of drug-likeness (QED) is 0.263. The largest absolute Gasteiger partial charge is 0.511 e. The summed E-state index contributed by atoms with van der Waals surface area (Å²) in [5, 5.41) is 13.7. The molecule has 35 heavy (non-hydrogen) atoms. The molecule has 0 radical (unpaired) electrons. The molecule has 1 atom stereocenters. The molecule has 4 aromatic rings. The van der Waals surface area contributed by atoms with E-state index in [1.54, 1.807) is 32.3 Å². The molecule has 4 rings (SSSR count). The second-order valence-electron chi connectivity index (χ2n) is 7.91. The molecule has 176 valence electrons. The predicted molar refractivity (Wildman–Crippen MR) is 131 cm³/mol. The van der Waals surface area contributed by atoms with Gasteiger partial charge in [0.2, 0.25) is 6.79 Å². The van der Waals surface area contributed by atoms with Crippen molar-refractivity contribution in [1.82, 2.24) is 9.97 Å². The Morgan fingerprint density at radius 3 is 2.66 bits per heavy atom. The summed E-state index contributed by atoms with van der Waals surface area (Å²) in [4.78, 5) is 20.8. The van der Waals surface area contributed by atoms with Crippen LogP contribution in [0.4, 0.5) is 10.6 Å². The molecule has 8 nitrogen and oxygen atoms in total. The molecule has 1 unspecified atom stereocenters. The first-order chi connectivity index (χ1) is 17.0. The van der Waals surface area contributed by atoms with Crippen molar-refractivity contribution in [2.45, 2.75) is 26.0 Å². The van der Waals surface area contributed by atoms with E-state index in [0.717, 1.165) is 16.5 Å². The van der Waals surface area contributed by atoms with Crippen LogP contribution in [-0.4, -0.2) is 29.0 Å². The first-order valence-corrected chi connectivity index (χ1v) is 11.1. The van der Waals surface area contributed by atoms with Gasteiger partial charge in [0.05, 0.1) is 23.8 Å². The highest BCUT2D eigenvalue weighted by atomic mass is 16.8. The van der Waals surface area contributed by atoms with Crippen molar-refractivity contribution in [1.29, 1.82) is 5.26 Å². The number of pyridine rings is 2. The average Bonchev–Trinajstić information content (AvgIpc) is 2.87. The van der Waals surface area contributed by atoms with E-state index in [4.69, 9.17) is 14.2 Å². The fourth-order valence-electron chi connectivity index (χ4n) is 3.60. The molecule has 0 bridgehead atoms. The minimum Gasteiger partial charge on any atom is -0.455 e. The molecule has 0 saturated carbocycles. The molecule has 2 aromatic carbocycles. The van der Waals surface area contributed by atoms with Crippen molar-refractivity contribution in [2.24, 2.45) is 0 Å². The van der Waals surface area contributed by atoms with Gasteiger partial charge in [0, 0.05) is 23.3 Å². The Kier molecular flexibility index (Phi) is 7.38. The van der Waals surface area contributed by atoms with Gasteiger partial charge >= 0.3 is 6.16 Å². The Labute approximate surface area is 203 Å². The van der Waals surface area contributed by atoms with Crippen LogP contribution in [0.25, 0.3) is 10.9 Å². The van der Waals surface area contributed by atoms with E-state index in [0.29, 0.717) is 22.6 Å².